The molecule has 1 nitrogen and oxygen atoms in total. The number of fused-ring (bicyclic) bond motifs is 1. The summed E-state index contributed by atoms with van der Waals surface area (Å²) in [6.45, 7) is 0. The minimum Gasteiger partial charge on any atom is -0.381 e. The van der Waals surface area contributed by atoms with Crippen LogP contribution in [0.3, 0.4) is 0 Å². The summed E-state index contributed by atoms with van der Waals surface area (Å²) in [6.07, 6.45) is 4.06. The summed E-state index contributed by atoms with van der Waals surface area (Å²) in [7, 11) is 0. The van der Waals surface area contributed by atoms with E-state index in [0.717, 1.165) is 6.04 Å². The van der Waals surface area contributed by atoms with Crippen molar-refractivity contribution in [2.45, 2.75) is 25.3 Å². The normalized spacial score (nSPS) is 16.9. The van der Waals surface area contributed by atoms with Gasteiger partial charge in [-0.2, -0.15) is 0 Å². The first-order valence-corrected chi connectivity index (χ1v) is 6.04. The third-order valence-corrected chi connectivity index (χ3v) is 3.91. The molecule has 3 rings (SSSR count). The van der Waals surface area contributed by atoms with Gasteiger partial charge in [0.2, 0.25) is 0 Å². The number of nitrogens with one attached hydrogen (secondary N) is 1. The quantitative estimate of drug-likeness (QED) is 0.781. The van der Waals surface area contributed by atoms with Crippen molar-refractivity contribution >= 4 is 27.1 Å². The molecular weight excluding hydrogens is 190 g/mol. The van der Waals surface area contributed by atoms with E-state index in [1.165, 1.54) is 35.0 Å². The smallest absolute Gasteiger partial charge is 0.0574 e. The molecule has 1 aliphatic carbocycles. The summed E-state index contributed by atoms with van der Waals surface area (Å²) < 4.78 is 1.40. The number of benzene rings is 1. The first-order chi connectivity index (χ1) is 6.93. The molecule has 1 N–H and O–H groups in total. The van der Waals surface area contributed by atoms with Crippen molar-refractivity contribution in [3.8, 4) is 0 Å². The van der Waals surface area contributed by atoms with Gasteiger partial charge in [0.05, 0.1) is 10.4 Å². The fraction of sp³-hybridized carbons (Fsp3) is 0.333. The van der Waals surface area contributed by atoms with Crippen molar-refractivity contribution in [2.24, 2.45) is 0 Å². The van der Waals surface area contributed by atoms with Gasteiger partial charge in [-0.3, -0.25) is 0 Å². The molecule has 2 aromatic rings. The van der Waals surface area contributed by atoms with Crippen LogP contribution < -0.4 is 5.32 Å². The van der Waals surface area contributed by atoms with Crippen molar-refractivity contribution in [2.75, 3.05) is 5.32 Å². The zero-order chi connectivity index (χ0) is 9.38. The summed E-state index contributed by atoms with van der Waals surface area (Å²) in [5.41, 5.74) is 1.32. The summed E-state index contributed by atoms with van der Waals surface area (Å²) in [5, 5.41) is 7.14. The lowest BCUT2D eigenvalue weighted by Gasteiger charge is -2.27. The molecule has 14 heavy (non-hydrogen) atoms. The van der Waals surface area contributed by atoms with Gasteiger partial charge in [-0.25, -0.2) is 0 Å². The molecule has 1 heterocycles. The number of anilines is 1. The van der Waals surface area contributed by atoms with E-state index in [4.69, 9.17) is 0 Å². The maximum absolute atomic E-state index is 3.62. The Morgan fingerprint density at radius 3 is 2.93 bits per heavy atom. The topological polar surface area (TPSA) is 12.0 Å². The van der Waals surface area contributed by atoms with Crippen molar-refractivity contribution in [1.29, 1.82) is 0 Å². The number of rotatable bonds is 2. The van der Waals surface area contributed by atoms with Crippen LogP contribution in [0.5, 0.6) is 0 Å². The Morgan fingerprint density at radius 1 is 1.21 bits per heavy atom. The van der Waals surface area contributed by atoms with E-state index in [-0.39, 0.29) is 0 Å². The van der Waals surface area contributed by atoms with E-state index in [0.29, 0.717) is 0 Å². The van der Waals surface area contributed by atoms with Gasteiger partial charge in [-0.15, -0.1) is 11.3 Å². The highest BCUT2D eigenvalue weighted by Crippen LogP contribution is 2.31. The van der Waals surface area contributed by atoms with Crippen LogP contribution in [0.15, 0.2) is 29.6 Å². The van der Waals surface area contributed by atoms with Crippen molar-refractivity contribution in [3.63, 3.8) is 0 Å². The molecule has 72 valence electrons. The van der Waals surface area contributed by atoms with Crippen LogP contribution in [0.1, 0.15) is 19.3 Å². The molecule has 2 heteroatoms. The Labute approximate surface area is 87.8 Å². The molecule has 0 saturated heterocycles. The molecular formula is C12H13NS. The lowest BCUT2D eigenvalue weighted by molar-refractivity contribution is 0.446. The fourth-order valence-electron chi connectivity index (χ4n) is 1.88. The van der Waals surface area contributed by atoms with E-state index in [2.05, 4.69) is 35.0 Å². The number of hydrogen-bond donors (Lipinski definition) is 1. The highest BCUT2D eigenvalue weighted by atomic mass is 32.1. The maximum Gasteiger partial charge on any atom is 0.0574 e. The molecule has 0 aliphatic heterocycles. The fourth-order valence-corrected chi connectivity index (χ4v) is 2.76. The van der Waals surface area contributed by atoms with Gasteiger partial charge >= 0.3 is 0 Å². The SMILES string of the molecule is c1cc(NC2CCC2)c2sccc2c1. The molecule has 0 atom stereocenters. The first-order valence-electron chi connectivity index (χ1n) is 5.16. The molecule has 0 spiro atoms. The van der Waals surface area contributed by atoms with E-state index >= 15 is 0 Å². The van der Waals surface area contributed by atoms with E-state index in [1.54, 1.807) is 0 Å². The summed E-state index contributed by atoms with van der Waals surface area (Å²) in [5.74, 6) is 0. The van der Waals surface area contributed by atoms with Gasteiger partial charge < -0.3 is 5.32 Å². The molecule has 1 fully saturated rings. The molecule has 0 bridgehead atoms. The second-order valence-electron chi connectivity index (χ2n) is 3.92. The Bertz CT molecular complexity index is 442. The van der Waals surface area contributed by atoms with E-state index in [1.807, 2.05) is 11.3 Å². The van der Waals surface area contributed by atoms with Crippen LogP contribution in [0.2, 0.25) is 0 Å². The van der Waals surface area contributed by atoms with Gasteiger partial charge in [0.15, 0.2) is 0 Å². The van der Waals surface area contributed by atoms with Gasteiger partial charge in [0, 0.05) is 6.04 Å². The van der Waals surface area contributed by atoms with Crippen LogP contribution in [0.25, 0.3) is 10.1 Å². The Morgan fingerprint density at radius 2 is 2.14 bits per heavy atom. The molecule has 1 aromatic carbocycles. The van der Waals surface area contributed by atoms with E-state index in [9.17, 15) is 0 Å². The maximum atomic E-state index is 3.62. The summed E-state index contributed by atoms with van der Waals surface area (Å²) >= 11 is 1.83. The highest BCUT2D eigenvalue weighted by Gasteiger charge is 2.17. The first kappa shape index (κ1) is 8.30. The predicted octanol–water partition coefficient (Wildman–Crippen LogP) is 3.87. The molecule has 0 unspecified atom stereocenters. The van der Waals surface area contributed by atoms with E-state index < -0.39 is 0 Å². The van der Waals surface area contributed by atoms with Crippen LogP contribution >= 0.6 is 11.3 Å². The third-order valence-electron chi connectivity index (χ3n) is 2.94. The van der Waals surface area contributed by atoms with Crippen LogP contribution in [-0.4, -0.2) is 6.04 Å². The van der Waals surface area contributed by atoms with Crippen molar-refractivity contribution in [1.82, 2.24) is 0 Å². The minimum absolute atomic E-state index is 0.725. The van der Waals surface area contributed by atoms with Gasteiger partial charge in [0.25, 0.3) is 0 Å². The standard InChI is InChI=1S/C12H13NS/c1-3-9-7-8-14-12(9)11(6-1)13-10-4-2-5-10/h1,3,6-8,10,13H,2,4-5H2. The largest absolute Gasteiger partial charge is 0.381 e. The summed E-state index contributed by atoms with van der Waals surface area (Å²) in [4.78, 5) is 0. The number of thiophene rings is 1. The lowest BCUT2D eigenvalue weighted by atomic mass is 9.93. The Balaban J connectivity index is 1.97. The monoisotopic (exact) mass is 203 g/mol. The average Bonchev–Trinajstić information content (AvgIpc) is 2.59. The summed E-state index contributed by atoms with van der Waals surface area (Å²) in [6, 6.07) is 9.42. The second-order valence-corrected chi connectivity index (χ2v) is 4.83. The highest BCUT2D eigenvalue weighted by molar-refractivity contribution is 7.17. The number of hydrogen-bond acceptors (Lipinski definition) is 2. The van der Waals surface area contributed by atoms with Crippen LogP contribution in [-0.2, 0) is 0 Å². The van der Waals surface area contributed by atoms with Gasteiger partial charge in [-0.05, 0) is 42.2 Å². The Hall–Kier alpha value is -1.02. The van der Waals surface area contributed by atoms with Crippen molar-refractivity contribution < 1.29 is 0 Å². The second kappa shape index (κ2) is 3.28. The molecule has 0 amide bonds. The van der Waals surface area contributed by atoms with Crippen LogP contribution in [0, 0.1) is 0 Å². The van der Waals surface area contributed by atoms with Crippen molar-refractivity contribution in [3.05, 3.63) is 29.6 Å². The molecule has 0 radical (unpaired) electrons. The molecule has 1 aromatic heterocycles. The zero-order valence-electron chi connectivity index (χ0n) is 7.99. The van der Waals surface area contributed by atoms with Crippen LogP contribution in [0.4, 0.5) is 5.69 Å². The zero-order valence-corrected chi connectivity index (χ0v) is 8.81. The predicted molar refractivity (Wildman–Crippen MR) is 63.1 cm³/mol. The Kier molecular flexibility index (Phi) is 1.95. The van der Waals surface area contributed by atoms with Gasteiger partial charge in [-0.1, -0.05) is 12.1 Å². The lowest BCUT2D eigenvalue weighted by Crippen LogP contribution is -2.26. The minimum atomic E-state index is 0.725. The third kappa shape index (κ3) is 1.30. The average molecular weight is 203 g/mol. The molecule has 1 aliphatic rings. The molecule has 1 saturated carbocycles. The van der Waals surface area contributed by atoms with Gasteiger partial charge in [0.1, 0.15) is 0 Å².